The molecule has 3 rings (SSSR count). The number of aromatic nitrogens is 3. The lowest BCUT2D eigenvalue weighted by molar-refractivity contribution is 0.482. The van der Waals surface area contributed by atoms with Crippen LogP contribution in [0.15, 0.2) is 58.4 Å². The second-order valence-electron chi connectivity index (χ2n) is 5.48. The first-order valence-corrected chi connectivity index (χ1v) is 7.66. The molecule has 0 fully saturated rings. The number of rotatable bonds is 4. The van der Waals surface area contributed by atoms with E-state index in [2.05, 4.69) is 10.3 Å². The molecular formula is C18H15N5O3. The highest BCUT2D eigenvalue weighted by Gasteiger charge is 2.15. The van der Waals surface area contributed by atoms with Crippen molar-refractivity contribution in [1.29, 1.82) is 5.26 Å². The summed E-state index contributed by atoms with van der Waals surface area (Å²) < 4.78 is 7.84. The minimum atomic E-state index is -0.651. The van der Waals surface area contributed by atoms with E-state index in [0.717, 1.165) is 4.57 Å². The predicted octanol–water partition coefficient (Wildman–Crippen LogP) is 1.89. The Hall–Kier alpha value is -3.86. The molecule has 0 radical (unpaired) electrons. The molecule has 8 nitrogen and oxygen atoms in total. The van der Waals surface area contributed by atoms with Gasteiger partial charge in [0.1, 0.15) is 23.4 Å². The summed E-state index contributed by atoms with van der Waals surface area (Å²) in [6.07, 6.45) is 3.23. The molecule has 0 unspecified atom stereocenters. The van der Waals surface area contributed by atoms with Gasteiger partial charge in [0.05, 0.1) is 0 Å². The standard InChI is InChI=1S/C18H15N5O3/c1-22-16(15(11-19)17(24)23(2)18(22)25)21-12-4-3-5-14(10-12)26-13-6-8-20-9-7-13/h3-10,21H,1-2H3. The van der Waals surface area contributed by atoms with Crippen LogP contribution in [0.1, 0.15) is 5.56 Å². The molecule has 0 amide bonds. The topological polar surface area (TPSA) is 102 Å². The van der Waals surface area contributed by atoms with Gasteiger partial charge in [-0.3, -0.25) is 18.9 Å². The van der Waals surface area contributed by atoms with Crippen molar-refractivity contribution < 1.29 is 4.74 Å². The Morgan fingerprint density at radius 3 is 2.50 bits per heavy atom. The fourth-order valence-corrected chi connectivity index (χ4v) is 2.41. The molecule has 0 aliphatic rings. The highest BCUT2D eigenvalue weighted by atomic mass is 16.5. The summed E-state index contributed by atoms with van der Waals surface area (Å²) in [5, 5.41) is 12.3. The third-order valence-corrected chi connectivity index (χ3v) is 3.76. The van der Waals surface area contributed by atoms with E-state index >= 15 is 0 Å². The molecule has 2 heterocycles. The van der Waals surface area contributed by atoms with Crippen LogP contribution in [0, 0.1) is 11.3 Å². The van der Waals surface area contributed by atoms with Gasteiger partial charge in [0.2, 0.25) is 0 Å². The molecule has 0 spiro atoms. The first-order valence-electron chi connectivity index (χ1n) is 7.66. The number of ether oxygens (including phenoxy) is 1. The van der Waals surface area contributed by atoms with Crippen molar-refractivity contribution >= 4 is 11.5 Å². The number of nitrogens with zero attached hydrogens (tertiary/aromatic N) is 4. The second kappa shape index (κ2) is 6.94. The molecule has 0 aliphatic heterocycles. The molecule has 2 aromatic heterocycles. The van der Waals surface area contributed by atoms with Gasteiger partial charge < -0.3 is 10.1 Å². The summed E-state index contributed by atoms with van der Waals surface area (Å²) in [5.41, 5.74) is -0.755. The molecule has 3 aromatic rings. The van der Waals surface area contributed by atoms with Crippen LogP contribution in [0.4, 0.5) is 11.5 Å². The molecule has 0 atom stereocenters. The Morgan fingerprint density at radius 2 is 1.81 bits per heavy atom. The average Bonchev–Trinajstić information content (AvgIpc) is 2.66. The Morgan fingerprint density at radius 1 is 1.08 bits per heavy atom. The van der Waals surface area contributed by atoms with Crippen molar-refractivity contribution in [3.05, 3.63) is 75.2 Å². The van der Waals surface area contributed by atoms with Gasteiger partial charge in [0, 0.05) is 38.2 Å². The predicted molar refractivity (Wildman–Crippen MR) is 95.7 cm³/mol. The van der Waals surface area contributed by atoms with Gasteiger partial charge in [0.25, 0.3) is 5.56 Å². The van der Waals surface area contributed by atoms with Gasteiger partial charge in [-0.25, -0.2) is 4.79 Å². The lowest BCUT2D eigenvalue weighted by Gasteiger charge is -2.14. The van der Waals surface area contributed by atoms with Gasteiger partial charge >= 0.3 is 5.69 Å². The molecule has 0 bridgehead atoms. The zero-order valence-corrected chi connectivity index (χ0v) is 14.1. The quantitative estimate of drug-likeness (QED) is 0.772. The second-order valence-corrected chi connectivity index (χ2v) is 5.48. The maximum atomic E-state index is 12.1. The van der Waals surface area contributed by atoms with Crippen molar-refractivity contribution in [3.8, 4) is 17.6 Å². The van der Waals surface area contributed by atoms with Crippen LogP contribution in [-0.4, -0.2) is 14.1 Å². The molecule has 130 valence electrons. The number of nitrogens with one attached hydrogen (secondary N) is 1. The van der Waals surface area contributed by atoms with Crippen LogP contribution in [-0.2, 0) is 14.1 Å². The summed E-state index contributed by atoms with van der Waals surface area (Å²) >= 11 is 0. The maximum Gasteiger partial charge on any atom is 0.332 e. The molecule has 0 aliphatic carbocycles. The van der Waals surface area contributed by atoms with Crippen molar-refractivity contribution in [3.63, 3.8) is 0 Å². The largest absolute Gasteiger partial charge is 0.457 e. The Kier molecular flexibility index (Phi) is 4.53. The third-order valence-electron chi connectivity index (χ3n) is 3.76. The van der Waals surface area contributed by atoms with Crippen molar-refractivity contribution in [2.75, 3.05) is 5.32 Å². The number of pyridine rings is 1. The van der Waals surface area contributed by atoms with Crippen molar-refractivity contribution in [2.45, 2.75) is 0 Å². The zero-order valence-electron chi connectivity index (χ0n) is 14.1. The summed E-state index contributed by atoms with van der Waals surface area (Å²) in [4.78, 5) is 28.2. The van der Waals surface area contributed by atoms with Gasteiger partial charge in [0.15, 0.2) is 5.56 Å². The molecule has 0 saturated carbocycles. The monoisotopic (exact) mass is 349 g/mol. The molecular weight excluding hydrogens is 334 g/mol. The van der Waals surface area contributed by atoms with Crippen LogP contribution in [0.5, 0.6) is 11.5 Å². The number of anilines is 2. The molecule has 26 heavy (non-hydrogen) atoms. The fraction of sp³-hybridized carbons (Fsp3) is 0.111. The first kappa shape index (κ1) is 17.0. The van der Waals surface area contributed by atoms with E-state index < -0.39 is 11.2 Å². The Labute approximate surface area is 148 Å². The van der Waals surface area contributed by atoms with Gasteiger partial charge in [-0.15, -0.1) is 0 Å². The van der Waals surface area contributed by atoms with Crippen LogP contribution in [0.2, 0.25) is 0 Å². The lowest BCUT2D eigenvalue weighted by Crippen LogP contribution is -2.39. The maximum absolute atomic E-state index is 12.1. The van der Waals surface area contributed by atoms with E-state index in [4.69, 9.17) is 4.74 Å². The highest BCUT2D eigenvalue weighted by molar-refractivity contribution is 5.63. The Bertz CT molecular complexity index is 1110. The van der Waals surface area contributed by atoms with E-state index in [0.29, 0.717) is 17.2 Å². The van der Waals surface area contributed by atoms with E-state index in [1.807, 2.05) is 6.07 Å². The van der Waals surface area contributed by atoms with E-state index in [-0.39, 0.29) is 11.4 Å². The van der Waals surface area contributed by atoms with E-state index in [9.17, 15) is 14.9 Å². The van der Waals surface area contributed by atoms with Gasteiger partial charge in [-0.05, 0) is 24.3 Å². The molecule has 1 N–H and O–H groups in total. The normalized spacial score (nSPS) is 10.2. The van der Waals surface area contributed by atoms with Crippen LogP contribution in [0.3, 0.4) is 0 Å². The summed E-state index contributed by atoms with van der Waals surface area (Å²) in [6.45, 7) is 0. The van der Waals surface area contributed by atoms with Crippen LogP contribution < -0.4 is 21.3 Å². The van der Waals surface area contributed by atoms with E-state index in [1.54, 1.807) is 48.8 Å². The Balaban J connectivity index is 1.98. The molecule has 1 aromatic carbocycles. The lowest BCUT2D eigenvalue weighted by atomic mass is 10.2. The minimum absolute atomic E-state index is 0.127. The first-order chi connectivity index (χ1) is 12.5. The minimum Gasteiger partial charge on any atom is -0.457 e. The van der Waals surface area contributed by atoms with Crippen molar-refractivity contribution in [1.82, 2.24) is 14.1 Å². The molecule has 8 heteroatoms. The smallest absolute Gasteiger partial charge is 0.332 e. The summed E-state index contributed by atoms with van der Waals surface area (Å²) in [5.74, 6) is 1.30. The highest BCUT2D eigenvalue weighted by Crippen LogP contribution is 2.25. The number of nitriles is 1. The van der Waals surface area contributed by atoms with Crippen LogP contribution in [0.25, 0.3) is 0 Å². The average molecular weight is 349 g/mol. The van der Waals surface area contributed by atoms with Crippen molar-refractivity contribution in [2.24, 2.45) is 14.1 Å². The fourth-order valence-electron chi connectivity index (χ4n) is 2.41. The zero-order chi connectivity index (χ0) is 18.7. The van der Waals surface area contributed by atoms with Gasteiger partial charge in [-0.2, -0.15) is 5.26 Å². The molecule has 0 saturated heterocycles. The number of hydrogen-bond acceptors (Lipinski definition) is 6. The SMILES string of the molecule is Cn1c(Nc2cccc(Oc3ccncc3)c2)c(C#N)c(=O)n(C)c1=O. The summed E-state index contributed by atoms with van der Waals surface area (Å²) in [7, 11) is 2.82. The van der Waals surface area contributed by atoms with Gasteiger partial charge in [-0.1, -0.05) is 6.07 Å². The van der Waals surface area contributed by atoms with Crippen LogP contribution >= 0.6 is 0 Å². The summed E-state index contributed by atoms with van der Waals surface area (Å²) in [6, 6.07) is 12.2. The van der Waals surface area contributed by atoms with E-state index in [1.165, 1.54) is 18.7 Å². The number of benzene rings is 1. The number of hydrogen-bond donors (Lipinski definition) is 1. The third kappa shape index (κ3) is 3.18.